The number of phenols is 2. The zero-order chi connectivity index (χ0) is 66.9. The number of dihydropyridines is 2. The number of ether oxygens (including phenoxy) is 2. The molecule has 5 aliphatic heterocycles. The number of aromatic hydroxyl groups is 2. The van der Waals surface area contributed by atoms with Gasteiger partial charge in [-0.1, -0.05) is 106 Å². The van der Waals surface area contributed by atoms with Gasteiger partial charge in [0.2, 0.25) is 0 Å². The minimum atomic E-state index is -1.68. The molecule has 18 rings (SSSR count). The van der Waals surface area contributed by atoms with E-state index in [0.29, 0.717) is 81.1 Å². The quantitative estimate of drug-likeness (QED) is 0.0400. The molecule has 512 valence electrons. The van der Waals surface area contributed by atoms with E-state index in [1.165, 1.54) is 42.9 Å². The number of esters is 1. The first kappa shape index (κ1) is 63.5. The number of nitrogens with one attached hydrogen (secondary N) is 3. The summed E-state index contributed by atoms with van der Waals surface area (Å²) in [7, 11) is 0. The van der Waals surface area contributed by atoms with Crippen molar-refractivity contribution in [2.24, 2.45) is 58.5 Å². The van der Waals surface area contributed by atoms with Crippen LogP contribution in [0.3, 0.4) is 0 Å². The highest BCUT2D eigenvalue weighted by Gasteiger charge is 2.66. The number of carbonyl (C=O) groups excluding carboxylic acids is 1. The van der Waals surface area contributed by atoms with Gasteiger partial charge in [0.15, 0.2) is 5.43 Å². The molecule has 0 radical (unpaired) electrons. The largest absolute Gasteiger partial charge is 0.508 e. The summed E-state index contributed by atoms with van der Waals surface area (Å²) in [5, 5.41) is 97.5. The number of aliphatic hydroxyl groups excluding tert-OH is 4. The zero-order valence-electron chi connectivity index (χ0n) is 56.4. The molecule has 4 aromatic rings. The van der Waals surface area contributed by atoms with Crippen molar-refractivity contribution in [2.45, 2.75) is 215 Å². The fourth-order valence-electron chi connectivity index (χ4n) is 23.4. The van der Waals surface area contributed by atoms with Crippen molar-refractivity contribution in [3.63, 3.8) is 0 Å². The van der Waals surface area contributed by atoms with E-state index in [1.54, 1.807) is 25.1 Å². The van der Waals surface area contributed by atoms with E-state index in [2.05, 4.69) is 85.4 Å². The molecule has 8 bridgehead atoms. The lowest BCUT2D eigenvalue weighted by Crippen LogP contribution is -2.60. The summed E-state index contributed by atoms with van der Waals surface area (Å²) in [4.78, 5) is 31.5. The van der Waals surface area contributed by atoms with Gasteiger partial charge < -0.3 is 66.0 Å². The first-order chi connectivity index (χ1) is 46.8. The molecule has 1 unspecified atom stereocenters. The van der Waals surface area contributed by atoms with Gasteiger partial charge in [0, 0.05) is 71.5 Å². The van der Waals surface area contributed by atoms with Crippen molar-refractivity contribution in [1.29, 1.82) is 0 Å². The molecule has 9 aliphatic carbocycles. The van der Waals surface area contributed by atoms with E-state index in [4.69, 9.17) is 19.6 Å². The number of nitrogens with two attached hydrogens (primary N) is 1. The van der Waals surface area contributed by atoms with Crippen LogP contribution in [0.15, 0.2) is 134 Å². The standard InChI is InChI=1S/C81H96N4O12/c1-5-60(81(94)35-58-50-21-25-80(36-62(50)81)34-44(71(91)55-14-10-13-51(58)69(55)80)28-47(89)27-40(2)42-11-6-7-12-42)77(93)96-64-32-57-72(92)67-63(90)31-48(38-86)95-74(67)68-65-54-22-26-83-75(82)66(54)70(79(23-8-9-24-79)33-43-16-17-46(88)30-56(43)59(65)39-87)53-20-19-49-45(29-61(53)78(64,4)97-73(57)68)37-84-76-52(49)18-15-41(3)85-76/h5,10,13-18,21-22,25,30-31,37,40-42,44,47,50,53,58-59,61-62,64-65,70-71,76,83-89,91-92,94H,6-9,11-12,19-20,23-24,26-29,32-36,38-39,82H2,1-4H3/b60-5+/t40-,41+,44+,47-,50+,53-,58+,59-,61-,62+,64-,65+,70-,71-,76?,78+,80-,81+/m1/s1. The molecule has 0 amide bonds. The van der Waals surface area contributed by atoms with E-state index in [9.17, 15) is 35.7 Å². The smallest absolute Gasteiger partial charge is 0.337 e. The van der Waals surface area contributed by atoms with E-state index >= 15 is 9.59 Å². The van der Waals surface area contributed by atoms with Crippen LogP contribution < -0.4 is 31.8 Å². The number of phenolic OH excluding ortho intramolecular Hbond substituents is 2. The van der Waals surface area contributed by atoms with Gasteiger partial charge in [-0.3, -0.25) is 10.1 Å². The summed E-state index contributed by atoms with van der Waals surface area (Å²) in [5.41, 5.74) is 13.7. The summed E-state index contributed by atoms with van der Waals surface area (Å²) in [6, 6.07) is 13.1. The molecule has 16 nitrogen and oxygen atoms in total. The van der Waals surface area contributed by atoms with E-state index in [-0.39, 0.29) is 94.0 Å². The first-order valence-electron chi connectivity index (χ1n) is 36.7. The fourth-order valence-corrected chi connectivity index (χ4v) is 23.4. The van der Waals surface area contributed by atoms with Gasteiger partial charge in [-0.25, -0.2) is 4.79 Å². The lowest BCUT2D eigenvalue weighted by atomic mass is 9.54. The zero-order valence-corrected chi connectivity index (χ0v) is 56.4. The van der Waals surface area contributed by atoms with Crippen molar-refractivity contribution in [1.82, 2.24) is 16.0 Å². The fraction of sp³-hybridized carbons (Fsp3) is 0.556. The highest BCUT2D eigenvalue weighted by atomic mass is 16.6. The van der Waals surface area contributed by atoms with Gasteiger partial charge >= 0.3 is 5.97 Å². The van der Waals surface area contributed by atoms with Gasteiger partial charge in [0.25, 0.3) is 0 Å². The lowest BCUT2D eigenvalue weighted by Gasteiger charge is -2.55. The highest BCUT2D eigenvalue weighted by Crippen LogP contribution is 2.69. The molecular formula is C81H96N4O12. The van der Waals surface area contributed by atoms with E-state index < -0.39 is 94.4 Å². The normalized spacial score (nSPS) is 36.2. The van der Waals surface area contributed by atoms with Crippen LogP contribution in [0.4, 0.5) is 0 Å². The maximum Gasteiger partial charge on any atom is 0.337 e. The molecule has 2 spiro atoms. The van der Waals surface area contributed by atoms with Crippen LogP contribution in [-0.4, -0.2) is 90.5 Å². The molecule has 4 fully saturated rings. The Hall–Kier alpha value is -6.92. The molecule has 0 saturated heterocycles. The Kier molecular flexibility index (Phi) is 15.3. The highest BCUT2D eigenvalue weighted by molar-refractivity contribution is 5.93. The minimum absolute atomic E-state index is 0.0115. The predicted octanol–water partition coefficient (Wildman–Crippen LogP) is 11.0. The molecule has 4 saturated carbocycles. The average Bonchev–Trinajstić information content (AvgIpc) is 1.64. The maximum absolute atomic E-state index is 16.5. The Morgan fingerprint density at radius 1 is 0.969 bits per heavy atom. The molecule has 14 aliphatic rings. The van der Waals surface area contributed by atoms with Crippen LogP contribution in [0.2, 0.25) is 0 Å². The van der Waals surface area contributed by atoms with Crippen LogP contribution in [0, 0.1) is 52.8 Å². The van der Waals surface area contributed by atoms with Crippen LogP contribution in [-0.2, 0) is 34.4 Å². The minimum Gasteiger partial charge on any atom is -0.508 e. The van der Waals surface area contributed by atoms with Gasteiger partial charge in [0.05, 0.1) is 24.4 Å². The third-order valence-corrected chi connectivity index (χ3v) is 27.6. The van der Waals surface area contributed by atoms with Gasteiger partial charge in [-0.15, -0.1) is 0 Å². The van der Waals surface area contributed by atoms with Gasteiger partial charge in [-0.2, -0.15) is 0 Å². The molecule has 3 aromatic carbocycles. The monoisotopic (exact) mass is 1320 g/mol. The Bertz CT molecular complexity index is 4240. The van der Waals surface area contributed by atoms with Crippen molar-refractivity contribution >= 4 is 16.9 Å². The summed E-state index contributed by atoms with van der Waals surface area (Å²) in [5.74, 6) is -3.14. The Balaban J connectivity index is 0.838. The van der Waals surface area contributed by atoms with Crippen molar-refractivity contribution in [3.8, 4) is 17.2 Å². The predicted molar refractivity (Wildman–Crippen MR) is 368 cm³/mol. The average molecular weight is 1320 g/mol. The molecule has 16 heteroatoms. The van der Waals surface area contributed by atoms with Crippen LogP contribution >= 0.6 is 0 Å². The molecule has 1 aromatic heterocycles. The number of carbonyl (C=O) groups is 1. The van der Waals surface area contributed by atoms with E-state index in [1.807, 2.05) is 12.1 Å². The summed E-state index contributed by atoms with van der Waals surface area (Å²) >= 11 is 0. The number of hydrogen-bond acceptors (Lipinski definition) is 16. The summed E-state index contributed by atoms with van der Waals surface area (Å²) in [6.45, 7) is 7.57. The first-order valence-corrected chi connectivity index (χ1v) is 36.7. The second-order valence-electron chi connectivity index (χ2n) is 32.4. The number of benzene rings is 3. The lowest BCUT2D eigenvalue weighted by molar-refractivity contribution is -0.173. The number of aliphatic hydroxyl groups is 5. The Morgan fingerprint density at radius 3 is 2.56 bits per heavy atom. The number of allylic oxidation sites excluding steroid dienone is 7. The summed E-state index contributed by atoms with van der Waals surface area (Å²) in [6.07, 6.45) is 25.9. The number of hydrogen-bond donors (Lipinski definition) is 11. The molecule has 18 atom stereocenters. The van der Waals surface area contributed by atoms with Crippen molar-refractivity contribution in [2.75, 3.05) is 13.2 Å². The van der Waals surface area contributed by atoms with Crippen LogP contribution in [0.5, 0.6) is 17.2 Å². The van der Waals surface area contributed by atoms with Crippen LogP contribution in [0.25, 0.3) is 11.0 Å². The van der Waals surface area contributed by atoms with Crippen molar-refractivity contribution < 1.29 is 54.4 Å². The van der Waals surface area contributed by atoms with Crippen LogP contribution in [0.1, 0.15) is 199 Å². The molecule has 97 heavy (non-hydrogen) atoms. The molecule has 12 N–H and O–H groups in total. The van der Waals surface area contributed by atoms with Gasteiger partial charge in [-0.05, 0) is 206 Å². The summed E-state index contributed by atoms with van der Waals surface area (Å²) < 4.78 is 22.3. The Morgan fingerprint density at radius 2 is 1.77 bits per heavy atom. The topological polar surface area (TPSA) is 269 Å². The SMILES string of the molecule is C/C=C(\C(=O)O[C@@H]1Cc2c3c(c4oc(CO)cc(=O)c4c2O)[C@H]2C4=CCNC(N)=C4[C@@H]([C@@H]4CCC5=C6C=C[C@H](C)NC6NC=C5C[C@H]4[C@]1(C)O3)C1(CCCC1)Cc1ccc(O)cc1[C@H]2CO)[C@@]1(O)C[C@@H]2c3cccc4c3[C@]3(C=C[C@@H]2[C@@H]1C3)C[C@H](C[C@H](O)C[C@@H](C)C1CCCC1)[C@H]4O. The third-order valence-electron chi connectivity index (χ3n) is 27.6. The maximum atomic E-state index is 16.5. The molecule has 6 heterocycles. The van der Waals surface area contributed by atoms with Gasteiger partial charge in [0.1, 0.15) is 69.9 Å². The van der Waals surface area contributed by atoms with Crippen molar-refractivity contribution in [3.05, 3.63) is 179 Å². The number of fused-ring (bicyclic) bond motifs is 11. The Labute approximate surface area is 567 Å². The third kappa shape index (κ3) is 9.54. The second-order valence-corrected chi connectivity index (χ2v) is 32.4. The number of rotatable bonds is 10. The molecular weight excluding hydrogens is 1220 g/mol. The van der Waals surface area contributed by atoms with E-state index in [0.717, 1.165) is 70.2 Å². The second kappa shape index (κ2) is 23.3.